The molecule has 0 spiro atoms. The van der Waals surface area contributed by atoms with E-state index in [1.807, 2.05) is 17.1 Å². The summed E-state index contributed by atoms with van der Waals surface area (Å²) in [7, 11) is 1.34. The zero-order valence-electron chi connectivity index (χ0n) is 4.40. The Labute approximate surface area is 57.2 Å². The van der Waals surface area contributed by atoms with Crippen LogP contribution in [0.25, 0.3) is 0 Å². The lowest BCUT2D eigenvalue weighted by atomic mass is 10.6. The van der Waals surface area contributed by atoms with Crippen LogP contribution in [0.4, 0.5) is 0 Å². The van der Waals surface area contributed by atoms with Crippen LogP contribution in [0.5, 0.6) is 0 Å². The molecule has 4 heteroatoms. The minimum absolute atomic E-state index is 1.02. The van der Waals surface area contributed by atoms with Gasteiger partial charge in [-0.05, 0) is 6.92 Å². The van der Waals surface area contributed by atoms with E-state index in [1.165, 1.54) is 11.0 Å². The van der Waals surface area contributed by atoms with Crippen molar-refractivity contribution in [3.63, 3.8) is 0 Å². The monoisotopic (exact) mass is 146 g/mol. The maximum atomic E-state index is 3.98. The van der Waals surface area contributed by atoms with Crippen LogP contribution >= 0.6 is 22.6 Å². The maximum absolute atomic E-state index is 3.98. The fraction of sp³-hybridized carbons (Fsp3) is 0.250. The predicted molar refractivity (Wildman–Crippen MR) is 38.9 cm³/mol. The molecule has 0 aliphatic carbocycles. The highest BCUT2D eigenvalue weighted by atomic mass is 33.1. The van der Waals surface area contributed by atoms with Gasteiger partial charge in [0, 0.05) is 17.2 Å². The zero-order valence-corrected chi connectivity index (χ0v) is 6.12. The summed E-state index contributed by atoms with van der Waals surface area (Å²) >= 11 is 3.96. The summed E-state index contributed by atoms with van der Waals surface area (Å²) in [5.41, 5.74) is 1.02. The van der Waals surface area contributed by atoms with Crippen molar-refractivity contribution in [1.82, 2.24) is 8.96 Å². The molecule has 0 aliphatic heterocycles. The molecule has 0 saturated heterocycles. The second-order valence-corrected chi connectivity index (χ2v) is 2.53. The number of thiol groups is 1. The number of imidazole rings is 1. The van der Waals surface area contributed by atoms with Crippen LogP contribution in [0.2, 0.25) is 0 Å². The van der Waals surface area contributed by atoms with Crippen molar-refractivity contribution in [3.05, 3.63) is 18.2 Å². The minimum Gasteiger partial charge on any atom is -0.271 e. The molecule has 0 aromatic carbocycles. The lowest BCUT2D eigenvalue weighted by Gasteiger charge is -1.85. The molecule has 0 fully saturated rings. The van der Waals surface area contributed by atoms with Crippen LogP contribution in [-0.2, 0) is 0 Å². The molecule has 0 amide bonds. The Morgan fingerprint density at radius 2 is 2.62 bits per heavy atom. The molecule has 44 valence electrons. The van der Waals surface area contributed by atoms with Crippen LogP contribution in [0.3, 0.4) is 0 Å². The first-order valence-corrected chi connectivity index (χ1v) is 3.98. The first kappa shape index (κ1) is 6.04. The second kappa shape index (κ2) is 2.46. The molecule has 0 bridgehead atoms. The van der Waals surface area contributed by atoms with E-state index in [2.05, 4.69) is 16.6 Å². The summed E-state index contributed by atoms with van der Waals surface area (Å²) in [6.07, 6.45) is 3.64. The fourth-order valence-corrected chi connectivity index (χ4v) is 1.00. The van der Waals surface area contributed by atoms with Crippen molar-refractivity contribution >= 4 is 22.6 Å². The van der Waals surface area contributed by atoms with Crippen molar-refractivity contribution in [2.75, 3.05) is 0 Å². The number of hydrogen-bond acceptors (Lipinski definition) is 3. The van der Waals surface area contributed by atoms with Crippen molar-refractivity contribution in [3.8, 4) is 0 Å². The Morgan fingerprint density at radius 1 is 1.88 bits per heavy atom. The molecule has 1 rings (SSSR count). The van der Waals surface area contributed by atoms with E-state index in [0.717, 1.165) is 5.69 Å². The largest absolute Gasteiger partial charge is 0.271 e. The van der Waals surface area contributed by atoms with Gasteiger partial charge in [0.1, 0.15) is 6.33 Å². The van der Waals surface area contributed by atoms with Crippen LogP contribution in [0, 0.1) is 6.92 Å². The Balaban J connectivity index is 2.84. The van der Waals surface area contributed by atoms with Gasteiger partial charge in [0.25, 0.3) is 0 Å². The first-order chi connectivity index (χ1) is 3.83. The minimum atomic E-state index is 1.02. The lowest BCUT2D eigenvalue weighted by molar-refractivity contribution is 1.23. The summed E-state index contributed by atoms with van der Waals surface area (Å²) in [5, 5.41) is 0. The standard InChI is InChI=1S/C4H6N2S2/c1-4-2-6(8-7)3-5-4/h2-3,7H,1H3. The van der Waals surface area contributed by atoms with Crippen LogP contribution in [0.1, 0.15) is 5.69 Å². The Bertz CT molecular complexity index is 172. The van der Waals surface area contributed by atoms with Crippen LogP contribution in [0.15, 0.2) is 12.5 Å². The van der Waals surface area contributed by atoms with E-state index in [-0.39, 0.29) is 0 Å². The summed E-state index contributed by atoms with van der Waals surface area (Å²) in [5.74, 6) is 0. The number of aryl methyl sites for hydroxylation is 1. The number of nitrogens with zero attached hydrogens (tertiary/aromatic N) is 2. The Hall–Kier alpha value is -0.0900. The van der Waals surface area contributed by atoms with Crippen molar-refractivity contribution in [1.29, 1.82) is 0 Å². The molecule has 0 atom stereocenters. The summed E-state index contributed by atoms with van der Waals surface area (Å²) < 4.78 is 1.83. The van der Waals surface area contributed by atoms with E-state index < -0.39 is 0 Å². The van der Waals surface area contributed by atoms with Gasteiger partial charge in [-0.15, -0.1) is 0 Å². The normalized spacial score (nSPS) is 9.75. The quantitative estimate of drug-likeness (QED) is 0.478. The third-order valence-electron chi connectivity index (χ3n) is 0.784. The van der Waals surface area contributed by atoms with Crippen LogP contribution in [-0.4, -0.2) is 8.96 Å². The number of hydrogen-bond donors (Lipinski definition) is 1. The first-order valence-electron chi connectivity index (χ1n) is 2.15. The van der Waals surface area contributed by atoms with Gasteiger partial charge in [-0.2, -0.15) is 0 Å². The van der Waals surface area contributed by atoms with Gasteiger partial charge < -0.3 is 0 Å². The fourth-order valence-electron chi connectivity index (χ4n) is 0.443. The molecule has 8 heavy (non-hydrogen) atoms. The highest BCUT2D eigenvalue weighted by Gasteiger charge is 1.87. The molecule has 1 aromatic rings. The molecular weight excluding hydrogens is 140 g/mol. The van der Waals surface area contributed by atoms with Gasteiger partial charge in [0.2, 0.25) is 0 Å². The molecule has 0 N–H and O–H groups in total. The Morgan fingerprint density at radius 3 is 2.88 bits per heavy atom. The SMILES string of the molecule is Cc1cn(SS)cn1. The maximum Gasteiger partial charge on any atom is 0.106 e. The van der Waals surface area contributed by atoms with Gasteiger partial charge in [0.05, 0.1) is 5.69 Å². The van der Waals surface area contributed by atoms with E-state index in [1.54, 1.807) is 6.33 Å². The average molecular weight is 146 g/mol. The van der Waals surface area contributed by atoms with Gasteiger partial charge in [-0.1, -0.05) is 11.7 Å². The van der Waals surface area contributed by atoms with E-state index in [0.29, 0.717) is 0 Å². The topological polar surface area (TPSA) is 17.8 Å². The third kappa shape index (κ3) is 1.20. The van der Waals surface area contributed by atoms with E-state index >= 15 is 0 Å². The lowest BCUT2D eigenvalue weighted by Crippen LogP contribution is -1.70. The second-order valence-electron chi connectivity index (χ2n) is 1.46. The molecule has 1 heterocycles. The van der Waals surface area contributed by atoms with Crippen LogP contribution < -0.4 is 0 Å². The molecule has 0 radical (unpaired) electrons. The van der Waals surface area contributed by atoms with Gasteiger partial charge in [0.15, 0.2) is 0 Å². The smallest absolute Gasteiger partial charge is 0.106 e. The third-order valence-corrected chi connectivity index (χ3v) is 1.74. The van der Waals surface area contributed by atoms with E-state index in [4.69, 9.17) is 0 Å². The highest BCUT2D eigenvalue weighted by Crippen LogP contribution is 2.09. The van der Waals surface area contributed by atoms with Gasteiger partial charge >= 0.3 is 0 Å². The Kier molecular flexibility index (Phi) is 1.85. The number of rotatable bonds is 1. The molecule has 2 nitrogen and oxygen atoms in total. The summed E-state index contributed by atoms with van der Waals surface area (Å²) in [6.45, 7) is 1.94. The summed E-state index contributed by atoms with van der Waals surface area (Å²) in [4.78, 5) is 3.98. The zero-order chi connectivity index (χ0) is 5.98. The predicted octanol–water partition coefficient (Wildman–Crippen LogP) is 1.53. The molecule has 0 aliphatic rings. The average Bonchev–Trinajstić information content (AvgIpc) is 2.14. The number of aromatic nitrogens is 2. The van der Waals surface area contributed by atoms with Crippen molar-refractivity contribution in [2.45, 2.75) is 6.92 Å². The van der Waals surface area contributed by atoms with Gasteiger partial charge in [-0.25, -0.2) is 4.98 Å². The van der Waals surface area contributed by atoms with Crippen molar-refractivity contribution in [2.24, 2.45) is 0 Å². The van der Waals surface area contributed by atoms with E-state index in [9.17, 15) is 0 Å². The molecule has 0 unspecified atom stereocenters. The highest BCUT2D eigenvalue weighted by molar-refractivity contribution is 8.67. The van der Waals surface area contributed by atoms with Gasteiger partial charge in [-0.3, -0.25) is 3.97 Å². The summed E-state index contributed by atoms with van der Waals surface area (Å²) in [6, 6.07) is 0. The molecule has 1 aromatic heterocycles. The molecule has 0 saturated carbocycles. The van der Waals surface area contributed by atoms with Crippen molar-refractivity contribution < 1.29 is 0 Å². The molecular formula is C4H6N2S2.